The fourth-order valence-electron chi connectivity index (χ4n) is 2.45. The lowest BCUT2D eigenvalue weighted by atomic mass is 10.0. The smallest absolute Gasteiger partial charge is 0.128 e. The first kappa shape index (κ1) is 15.5. The molecule has 0 amide bonds. The van der Waals surface area contributed by atoms with Gasteiger partial charge >= 0.3 is 0 Å². The van der Waals surface area contributed by atoms with Gasteiger partial charge in [0.2, 0.25) is 0 Å². The summed E-state index contributed by atoms with van der Waals surface area (Å²) in [5, 5.41) is 3.29. The minimum Gasteiger partial charge on any atom is -0.378 e. The van der Waals surface area contributed by atoms with E-state index in [9.17, 15) is 8.78 Å². The van der Waals surface area contributed by atoms with E-state index >= 15 is 0 Å². The molecular weight excluding hydrogens is 268 g/mol. The van der Waals surface area contributed by atoms with Crippen LogP contribution in [0.15, 0.2) is 36.4 Å². The SMILES string of the molecule is CCCc1ccccc1NC(C)c1cc(F)c(C)cc1F. The third kappa shape index (κ3) is 3.60. The van der Waals surface area contributed by atoms with Gasteiger partial charge in [-0.15, -0.1) is 0 Å². The molecule has 1 nitrogen and oxygen atoms in total. The van der Waals surface area contributed by atoms with Gasteiger partial charge in [0.1, 0.15) is 11.6 Å². The van der Waals surface area contributed by atoms with Crippen LogP contribution in [0.5, 0.6) is 0 Å². The van der Waals surface area contributed by atoms with Crippen LogP contribution < -0.4 is 5.32 Å². The number of hydrogen-bond acceptors (Lipinski definition) is 1. The Labute approximate surface area is 125 Å². The van der Waals surface area contributed by atoms with Crippen molar-refractivity contribution in [3.63, 3.8) is 0 Å². The minimum absolute atomic E-state index is 0.293. The molecule has 0 aliphatic heterocycles. The van der Waals surface area contributed by atoms with Gasteiger partial charge in [0.15, 0.2) is 0 Å². The molecule has 2 aromatic carbocycles. The van der Waals surface area contributed by atoms with E-state index in [1.165, 1.54) is 17.7 Å². The molecule has 0 aliphatic rings. The maximum Gasteiger partial charge on any atom is 0.128 e. The summed E-state index contributed by atoms with van der Waals surface area (Å²) in [4.78, 5) is 0. The molecular formula is C18H21F2N. The van der Waals surface area contributed by atoms with Crippen LogP contribution in [0.2, 0.25) is 0 Å². The molecule has 3 heteroatoms. The van der Waals surface area contributed by atoms with Crippen molar-refractivity contribution in [2.75, 3.05) is 5.32 Å². The van der Waals surface area contributed by atoms with E-state index in [4.69, 9.17) is 0 Å². The molecule has 112 valence electrons. The quantitative estimate of drug-likeness (QED) is 0.777. The Kier molecular flexibility index (Phi) is 4.94. The maximum atomic E-state index is 14.0. The molecule has 0 aromatic heterocycles. The van der Waals surface area contributed by atoms with Gasteiger partial charge < -0.3 is 5.32 Å². The lowest BCUT2D eigenvalue weighted by Gasteiger charge is -2.19. The lowest BCUT2D eigenvalue weighted by molar-refractivity contribution is 0.571. The van der Waals surface area contributed by atoms with E-state index in [1.54, 1.807) is 6.92 Å². The van der Waals surface area contributed by atoms with Gasteiger partial charge in [0.25, 0.3) is 0 Å². The Morgan fingerprint density at radius 2 is 1.81 bits per heavy atom. The molecule has 0 saturated heterocycles. The van der Waals surface area contributed by atoms with Gasteiger partial charge in [-0.1, -0.05) is 31.5 Å². The number of halogens is 2. The lowest BCUT2D eigenvalue weighted by Crippen LogP contribution is -2.11. The zero-order chi connectivity index (χ0) is 15.4. The second-order valence-corrected chi connectivity index (χ2v) is 5.40. The number of para-hydroxylation sites is 1. The van der Waals surface area contributed by atoms with Gasteiger partial charge in [-0.2, -0.15) is 0 Å². The summed E-state index contributed by atoms with van der Waals surface area (Å²) in [7, 11) is 0. The van der Waals surface area contributed by atoms with E-state index < -0.39 is 0 Å². The van der Waals surface area contributed by atoms with E-state index in [1.807, 2.05) is 25.1 Å². The Bertz CT molecular complexity index is 623. The Hall–Kier alpha value is -1.90. The topological polar surface area (TPSA) is 12.0 Å². The highest BCUT2D eigenvalue weighted by molar-refractivity contribution is 5.52. The predicted octanol–water partition coefficient (Wildman–Crippen LogP) is 5.40. The number of benzene rings is 2. The largest absolute Gasteiger partial charge is 0.378 e. The average Bonchev–Trinajstić information content (AvgIpc) is 2.45. The second kappa shape index (κ2) is 6.70. The van der Waals surface area contributed by atoms with Crippen molar-refractivity contribution in [2.45, 2.75) is 39.7 Å². The van der Waals surface area contributed by atoms with E-state index in [0.717, 1.165) is 18.5 Å². The molecule has 1 N–H and O–H groups in total. The van der Waals surface area contributed by atoms with E-state index in [-0.39, 0.29) is 17.7 Å². The number of nitrogens with one attached hydrogen (secondary N) is 1. The number of hydrogen-bond donors (Lipinski definition) is 1. The van der Waals surface area contributed by atoms with Gasteiger partial charge in [-0.25, -0.2) is 8.78 Å². The third-order valence-electron chi connectivity index (χ3n) is 3.65. The van der Waals surface area contributed by atoms with Crippen molar-refractivity contribution in [2.24, 2.45) is 0 Å². The van der Waals surface area contributed by atoms with Crippen LogP contribution in [-0.4, -0.2) is 0 Å². The molecule has 21 heavy (non-hydrogen) atoms. The highest BCUT2D eigenvalue weighted by Gasteiger charge is 2.14. The first-order chi connectivity index (χ1) is 10.0. The van der Waals surface area contributed by atoms with Crippen molar-refractivity contribution in [1.82, 2.24) is 0 Å². The first-order valence-corrected chi connectivity index (χ1v) is 7.33. The fraction of sp³-hybridized carbons (Fsp3) is 0.333. The van der Waals surface area contributed by atoms with Crippen molar-refractivity contribution in [3.8, 4) is 0 Å². The molecule has 0 fully saturated rings. The van der Waals surface area contributed by atoms with Gasteiger partial charge in [-0.3, -0.25) is 0 Å². The molecule has 0 bridgehead atoms. The predicted molar refractivity (Wildman–Crippen MR) is 83.6 cm³/mol. The summed E-state index contributed by atoms with van der Waals surface area (Å²) >= 11 is 0. The summed E-state index contributed by atoms with van der Waals surface area (Å²) in [6, 6.07) is 10.2. The second-order valence-electron chi connectivity index (χ2n) is 5.40. The number of rotatable bonds is 5. The summed E-state index contributed by atoms with van der Waals surface area (Å²) < 4.78 is 27.7. The summed E-state index contributed by atoms with van der Waals surface area (Å²) in [5.41, 5.74) is 2.85. The highest BCUT2D eigenvalue weighted by Crippen LogP contribution is 2.26. The molecule has 1 unspecified atom stereocenters. The Morgan fingerprint density at radius 3 is 2.52 bits per heavy atom. The van der Waals surface area contributed by atoms with Crippen LogP contribution in [0, 0.1) is 18.6 Å². The standard InChI is InChI=1S/C18H21F2N/c1-4-7-14-8-5-6-9-18(14)21-13(3)15-11-16(19)12(2)10-17(15)20/h5-6,8-11,13,21H,4,7H2,1-3H3. The fourth-order valence-corrected chi connectivity index (χ4v) is 2.45. The molecule has 0 saturated carbocycles. The van der Waals surface area contributed by atoms with Crippen molar-refractivity contribution in [3.05, 3.63) is 64.7 Å². The normalized spacial score (nSPS) is 12.2. The van der Waals surface area contributed by atoms with Crippen LogP contribution >= 0.6 is 0 Å². The van der Waals surface area contributed by atoms with Gasteiger partial charge in [0.05, 0.1) is 6.04 Å². The Morgan fingerprint density at radius 1 is 1.10 bits per heavy atom. The molecule has 0 aliphatic carbocycles. The average molecular weight is 289 g/mol. The van der Waals surface area contributed by atoms with Crippen LogP contribution in [-0.2, 0) is 6.42 Å². The number of aryl methyl sites for hydroxylation is 2. The van der Waals surface area contributed by atoms with Crippen LogP contribution in [0.1, 0.15) is 43.0 Å². The monoisotopic (exact) mass is 289 g/mol. The van der Waals surface area contributed by atoms with Gasteiger partial charge in [-0.05, 0) is 49.6 Å². The van der Waals surface area contributed by atoms with E-state index in [0.29, 0.717) is 11.1 Å². The molecule has 2 rings (SSSR count). The van der Waals surface area contributed by atoms with E-state index in [2.05, 4.69) is 18.3 Å². The molecule has 0 spiro atoms. The van der Waals surface area contributed by atoms with Crippen molar-refractivity contribution < 1.29 is 8.78 Å². The number of anilines is 1. The maximum absolute atomic E-state index is 14.0. The van der Waals surface area contributed by atoms with Crippen molar-refractivity contribution >= 4 is 5.69 Å². The molecule has 0 radical (unpaired) electrons. The van der Waals surface area contributed by atoms with Crippen LogP contribution in [0.4, 0.5) is 14.5 Å². The highest BCUT2D eigenvalue weighted by atomic mass is 19.1. The van der Waals surface area contributed by atoms with Crippen molar-refractivity contribution in [1.29, 1.82) is 0 Å². The molecule has 2 aromatic rings. The minimum atomic E-state index is -0.373. The zero-order valence-corrected chi connectivity index (χ0v) is 12.7. The summed E-state index contributed by atoms with van der Waals surface area (Å²) in [5.74, 6) is -0.747. The molecule has 0 heterocycles. The Balaban J connectivity index is 2.26. The van der Waals surface area contributed by atoms with Crippen LogP contribution in [0.25, 0.3) is 0 Å². The van der Waals surface area contributed by atoms with Gasteiger partial charge in [0, 0.05) is 11.3 Å². The first-order valence-electron chi connectivity index (χ1n) is 7.33. The third-order valence-corrected chi connectivity index (χ3v) is 3.65. The van der Waals surface area contributed by atoms with Crippen LogP contribution in [0.3, 0.4) is 0 Å². The summed E-state index contributed by atoms with van der Waals surface area (Å²) in [6.45, 7) is 5.53. The molecule has 1 atom stereocenters. The zero-order valence-electron chi connectivity index (χ0n) is 12.7. The summed E-state index contributed by atoms with van der Waals surface area (Å²) in [6.07, 6.45) is 2.00.